The van der Waals surface area contributed by atoms with Gasteiger partial charge < -0.3 is 9.64 Å². The summed E-state index contributed by atoms with van der Waals surface area (Å²) in [7, 11) is -3.44. The molecule has 0 unspecified atom stereocenters. The lowest BCUT2D eigenvalue weighted by atomic mass is 9.96. The van der Waals surface area contributed by atoms with E-state index in [-0.39, 0.29) is 11.7 Å². The van der Waals surface area contributed by atoms with Crippen LogP contribution in [0.15, 0.2) is 24.3 Å². The highest BCUT2D eigenvalue weighted by atomic mass is 32.2. The van der Waals surface area contributed by atoms with E-state index >= 15 is 0 Å². The molecule has 8 heteroatoms. The quantitative estimate of drug-likeness (QED) is 0.805. The highest BCUT2D eigenvalue weighted by molar-refractivity contribution is 7.89. The van der Waals surface area contributed by atoms with Crippen molar-refractivity contribution in [1.82, 2.24) is 9.80 Å². The molecule has 2 aliphatic rings. The average Bonchev–Trinajstić information content (AvgIpc) is 3.14. The Bertz CT molecular complexity index is 708. The molecule has 0 radical (unpaired) electrons. The first-order chi connectivity index (χ1) is 11.9. The van der Waals surface area contributed by atoms with Crippen LogP contribution in [0.2, 0.25) is 0 Å². The molecule has 0 spiro atoms. The SMILES string of the molecule is NS(=O)(=O)CCN1CCN(C(=O)c2cccc([C@H]3CCOC3)c2)CC1. The molecule has 2 N–H and O–H groups in total. The molecule has 2 fully saturated rings. The summed E-state index contributed by atoms with van der Waals surface area (Å²) < 4.78 is 27.5. The number of nitrogens with two attached hydrogens (primary N) is 1. The topological polar surface area (TPSA) is 92.9 Å². The number of nitrogens with zero attached hydrogens (tertiary/aromatic N) is 2. The number of hydrogen-bond acceptors (Lipinski definition) is 5. The largest absolute Gasteiger partial charge is 0.381 e. The monoisotopic (exact) mass is 367 g/mol. The van der Waals surface area contributed by atoms with Gasteiger partial charge in [0.15, 0.2) is 0 Å². The van der Waals surface area contributed by atoms with E-state index in [1.54, 1.807) is 0 Å². The number of sulfonamides is 1. The number of carbonyl (C=O) groups excluding carboxylic acids is 1. The first-order valence-electron chi connectivity index (χ1n) is 8.62. The molecule has 25 heavy (non-hydrogen) atoms. The molecule has 2 heterocycles. The zero-order valence-electron chi connectivity index (χ0n) is 14.3. The molecule has 0 aliphatic carbocycles. The fraction of sp³-hybridized carbons (Fsp3) is 0.588. The van der Waals surface area contributed by atoms with Gasteiger partial charge in [-0.05, 0) is 24.1 Å². The van der Waals surface area contributed by atoms with Gasteiger partial charge in [-0.15, -0.1) is 0 Å². The second kappa shape index (κ2) is 7.82. The van der Waals surface area contributed by atoms with Gasteiger partial charge in [0.1, 0.15) is 0 Å². The van der Waals surface area contributed by atoms with Crippen molar-refractivity contribution in [2.75, 3.05) is 51.7 Å². The first-order valence-corrected chi connectivity index (χ1v) is 10.3. The number of hydrogen-bond donors (Lipinski definition) is 1. The third-order valence-corrected chi connectivity index (χ3v) is 5.64. The summed E-state index contributed by atoms with van der Waals surface area (Å²) in [5.74, 6) is 0.363. The van der Waals surface area contributed by atoms with Crippen molar-refractivity contribution in [3.63, 3.8) is 0 Å². The Hall–Kier alpha value is -1.48. The zero-order valence-corrected chi connectivity index (χ0v) is 15.1. The second-order valence-electron chi connectivity index (χ2n) is 6.69. The Morgan fingerprint density at radius 3 is 2.64 bits per heavy atom. The Morgan fingerprint density at radius 1 is 1.24 bits per heavy atom. The summed E-state index contributed by atoms with van der Waals surface area (Å²) >= 11 is 0. The Kier molecular flexibility index (Phi) is 5.73. The number of amides is 1. The molecule has 138 valence electrons. The van der Waals surface area contributed by atoms with Gasteiger partial charge in [0.25, 0.3) is 5.91 Å². The smallest absolute Gasteiger partial charge is 0.253 e. The molecule has 1 atom stereocenters. The minimum absolute atomic E-state index is 0.0341. The van der Waals surface area contributed by atoms with Gasteiger partial charge in [-0.1, -0.05) is 12.1 Å². The standard InChI is InChI=1S/C17H25N3O4S/c18-25(22,23)11-9-19-5-7-20(8-6-19)17(21)15-3-1-2-14(12-15)16-4-10-24-13-16/h1-3,12,16H,4-11,13H2,(H2,18,22,23)/t16-/m0/s1. The number of rotatable bonds is 5. The highest BCUT2D eigenvalue weighted by Gasteiger charge is 2.24. The molecule has 3 rings (SSSR count). The summed E-state index contributed by atoms with van der Waals surface area (Å²) in [6, 6.07) is 7.83. The van der Waals surface area contributed by atoms with Gasteiger partial charge in [-0.25, -0.2) is 13.6 Å². The van der Waals surface area contributed by atoms with Crippen LogP contribution in [-0.2, 0) is 14.8 Å². The van der Waals surface area contributed by atoms with E-state index in [1.807, 2.05) is 28.0 Å². The predicted molar refractivity (Wildman–Crippen MR) is 94.9 cm³/mol. The Balaban J connectivity index is 1.56. The van der Waals surface area contributed by atoms with E-state index in [2.05, 4.69) is 6.07 Å². The minimum Gasteiger partial charge on any atom is -0.381 e. The Labute approximate surface area is 148 Å². The van der Waals surface area contributed by atoms with Crippen LogP contribution in [0.5, 0.6) is 0 Å². The maximum Gasteiger partial charge on any atom is 0.253 e. The van der Waals surface area contributed by atoms with Crippen LogP contribution in [0, 0.1) is 0 Å². The van der Waals surface area contributed by atoms with E-state index < -0.39 is 10.0 Å². The fourth-order valence-corrected chi connectivity index (χ4v) is 3.85. The molecule has 1 amide bonds. The van der Waals surface area contributed by atoms with Crippen LogP contribution in [0.25, 0.3) is 0 Å². The third-order valence-electron chi connectivity index (χ3n) is 4.89. The normalized spacial score (nSPS) is 22.3. The molecule has 0 saturated carbocycles. The third kappa shape index (κ3) is 5.01. The lowest BCUT2D eigenvalue weighted by molar-refractivity contribution is 0.0644. The molecule has 0 bridgehead atoms. The molecule has 0 aromatic heterocycles. The fourth-order valence-electron chi connectivity index (χ4n) is 3.34. The van der Waals surface area contributed by atoms with E-state index in [9.17, 15) is 13.2 Å². The van der Waals surface area contributed by atoms with Crippen molar-refractivity contribution in [2.24, 2.45) is 5.14 Å². The maximum absolute atomic E-state index is 12.8. The predicted octanol–water partition coefficient (Wildman–Crippen LogP) is 0.237. The van der Waals surface area contributed by atoms with Crippen LogP contribution in [0.4, 0.5) is 0 Å². The van der Waals surface area contributed by atoms with Crippen molar-refractivity contribution in [3.05, 3.63) is 35.4 Å². The minimum atomic E-state index is -3.44. The van der Waals surface area contributed by atoms with Gasteiger partial charge in [-0.2, -0.15) is 0 Å². The number of carbonyl (C=O) groups is 1. The second-order valence-corrected chi connectivity index (χ2v) is 8.42. The average molecular weight is 367 g/mol. The zero-order chi connectivity index (χ0) is 17.9. The molecular formula is C17H25N3O4S. The van der Waals surface area contributed by atoms with Gasteiger partial charge in [0.2, 0.25) is 10.0 Å². The molecule has 2 aliphatic heterocycles. The summed E-state index contributed by atoms with van der Waals surface area (Å²) in [6.07, 6.45) is 1.00. The maximum atomic E-state index is 12.8. The van der Waals surface area contributed by atoms with E-state index in [4.69, 9.17) is 9.88 Å². The lowest BCUT2D eigenvalue weighted by Gasteiger charge is -2.34. The lowest BCUT2D eigenvalue weighted by Crippen LogP contribution is -2.49. The summed E-state index contributed by atoms with van der Waals surface area (Å²) in [6.45, 7) is 4.44. The van der Waals surface area contributed by atoms with Crippen molar-refractivity contribution < 1.29 is 17.9 Å². The van der Waals surface area contributed by atoms with Crippen molar-refractivity contribution in [3.8, 4) is 0 Å². The molecular weight excluding hydrogens is 342 g/mol. The van der Waals surface area contributed by atoms with Crippen LogP contribution in [0.1, 0.15) is 28.3 Å². The van der Waals surface area contributed by atoms with Crippen LogP contribution < -0.4 is 5.14 Å². The molecule has 1 aromatic rings. The molecule has 1 aromatic carbocycles. The highest BCUT2D eigenvalue weighted by Crippen LogP contribution is 2.26. The van der Waals surface area contributed by atoms with Crippen LogP contribution >= 0.6 is 0 Å². The van der Waals surface area contributed by atoms with Crippen molar-refractivity contribution in [1.29, 1.82) is 0 Å². The summed E-state index contributed by atoms with van der Waals surface area (Å²) in [5, 5.41) is 5.04. The summed E-state index contributed by atoms with van der Waals surface area (Å²) in [4.78, 5) is 16.6. The molecule has 2 saturated heterocycles. The van der Waals surface area contributed by atoms with Gasteiger partial charge in [0, 0.05) is 50.8 Å². The Morgan fingerprint density at radius 2 is 2.00 bits per heavy atom. The number of benzene rings is 1. The van der Waals surface area contributed by atoms with E-state index in [1.165, 1.54) is 0 Å². The van der Waals surface area contributed by atoms with Gasteiger partial charge in [0.05, 0.1) is 12.4 Å². The van der Waals surface area contributed by atoms with Crippen molar-refractivity contribution in [2.45, 2.75) is 12.3 Å². The van der Waals surface area contributed by atoms with Crippen molar-refractivity contribution >= 4 is 15.9 Å². The van der Waals surface area contributed by atoms with Gasteiger partial charge in [-0.3, -0.25) is 9.69 Å². The van der Waals surface area contributed by atoms with Gasteiger partial charge >= 0.3 is 0 Å². The van der Waals surface area contributed by atoms with E-state index in [0.29, 0.717) is 44.2 Å². The first kappa shape index (κ1) is 18.3. The molecule has 7 nitrogen and oxygen atoms in total. The number of piperazine rings is 1. The van der Waals surface area contributed by atoms with Crippen LogP contribution in [-0.4, -0.2) is 75.8 Å². The summed E-state index contributed by atoms with van der Waals surface area (Å²) in [5.41, 5.74) is 1.87. The number of ether oxygens (including phenoxy) is 1. The number of primary sulfonamides is 1. The van der Waals surface area contributed by atoms with Crippen LogP contribution in [0.3, 0.4) is 0 Å². The van der Waals surface area contributed by atoms with E-state index in [0.717, 1.165) is 25.2 Å².